The maximum atomic E-state index is 13.8. The number of nitrogens with one attached hydrogen (secondary N) is 1. The highest BCUT2D eigenvalue weighted by atomic mass is 35.5. The molecule has 1 aromatic carbocycles. The second-order valence-corrected chi connectivity index (χ2v) is 9.35. The Balaban J connectivity index is 1.70. The van der Waals surface area contributed by atoms with Crippen LogP contribution in [0.3, 0.4) is 0 Å². The fraction of sp³-hybridized carbons (Fsp3) is 0.391. The Kier molecular flexibility index (Phi) is 8.11. The number of ether oxygens (including phenoxy) is 2. The van der Waals surface area contributed by atoms with Crippen molar-refractivity contribution in [1.29, 1.82) is 0 Å². The van der Waals surface area contributed by atoms with Gasteiger partial charge in [-0.05, 0) is 18.6 Å². The summed E-state index contributed by atoms with van der Waals surface area (Å²) in [4.78, 5) is 35.1. The maximum Gasteiger partial charge on any atom is 0.338 e. The van der Waals surface area contributed by atoms with Gasteiger partial charge in [-0.15, -0.1) is 11.3 Å². The number of aromatic nitrogens is 1. The Labute approximate surface area is 210 Å². The summed E-state index contributed by atoms with van der Waals surface area (Å²) in [5.41, 5.74) is 1.28. The van der Waals surface area contributed by atoms with Crippen LogP contribution in [-0.2, 0) is 19.1 Å². The van der Waals surface area contributed by atoms with Crippen LogP contribution in [0.1, 0.15) is 29.5 Å². The lowest BCUT2D eigenvalue weighted by Crippen LogP contribution is -2.46. The van der Waals surface area contributed by atoms with Gasteiger partial charge >= 0.3 is 11.9 Å². The largest absolute Gasteiger partial charge is 0.481 e. The van der Waals surface area contributed by atoms with Crippen LogP contribution in [0.2, 0.25) is 5.02 Å². The van der Waals surface area contributed by atoms with E-state index in [-0.39, 0.29) is 23.1 Å². The van der Waals surface area contributed by atoms with E-state index in [2.05, 4.69) is 15.2 Å². The van der Waals surface area contributed by atoms with Crippen LogP contribution in [0.4, 0.5) is 4.39 Å². The molecule has 0 bridgehead atoms. The normalized spacial score (nSPS) is 20.8. The second-order valence-electron chi connectivity index (χ2n) is 8.05. The summed E-state index contributed by atoms with van der Waals surface area (Å²) in [6, 6.07) is 3.12. The van der Waals surface area contributed by atoms with E-state index in [0.717, 1.165) is 0 Å². The van der Waals surface area contributed by atoms with Crippen molar-refractivity contribution in [2.75, 3.05) is 33.4 Å². The summed E-state index contributed by atoms with van der Waals surface area (Å²) in [6.07, 6.45) is 1.82. The quantitative estimate of drug-likeness (QED) is 0.509. The van der Waals surface area contributed by atoms with E-state index in [1.54, 1.807) is 6.20 Å². The molecule has 0 radical (unpaired) electrons. The van der Waals surface area contributed by atoms with Crippen LogP contribution >= 0.6 is 22.9 Å². The first-order chi connectivity index (χ1) is 16.9. The molecule has 35 heavy (non-hydrogen) atoms. The molecule has 2 aliphatic heterocycles. The highest BCUT2D eigenvalue weighted by Gasteiger charge is 2.35. The Morgan fingerprint density at radius 3 is 2.94 bits per heavy atom. The predicted molar refractivity (Wildman–Crippen MR) is 128 cm³/mol. The van der Waals surface area contributed by atoms with Crippen molar-refractivity contribution in [3.63, 3.8) is 0 Å². The molecule has 0 saturated carbocycles. The number of carbonyl (C=O) groups excluding carboxylic acids is 1. The third kappa shape index (κ3) is 6.04. The van der Waals surface area contributed by atoms with E-state index < -0.39 is 23.8 Å². The molecule has 0 aliphatic carbocycles. The number of nitrogens with zero attached hydrogens (tertiary/aromatic N) is 3. The van der Waals surface area contributed by atoms with Gasteiger partial charge in [0, 0.05) is 53.9 Å². The summed E-state index contributed by atoms with van der Waals surface area (Å²) < 4.78 is 24.6. The molecule has 1 aromatic heterocycles. The van der Waals surface area contributed by atoms with E-state index in [1.165, 1.54) is 36.6 Å². The monoisotopic (exact) mass is 522 g/mol. The molecule has 3 heterocycles. The Morgan fingerprint density at radius 1 is 1.43 bits per heavy atom. The first-order valence-electron chi connectivity index (χ1n) is 10.9. The first kappa shape index (κ1) is 25.2. The van der Waals surface area contributed by atoms with Gasteiger partial charge in [0.25, 0.3) is 0 Å². The number of carbonyl (C=O) groups is 2. The van der Waals surface area contributed by atoms with Crippen LogP contribution in [0.25, 0.3) is 0 Å². The zero-order chi connectivity index (χ0) is 24.9. The average Bonchev–Trinajstić information content (AvgIpc) is 3.37. The zero-order valence-electron chi connectivity index (χ0n) is 18.9. The maximum absolute atomic E-state index is 13.8. The fourth-order valence-corrected chi connectivity index (χ4v) is 4.93. The molecule has 2 unspecified atom stereocenters. The van der Waals surface area contributed by atoms with Gasteiger partial charge in [-0.3, -0.25) is 14.7 Å². The molecular formula is C23H24ClFN4O5S. The molecule has 2 aliphatic rings. The Hall–Kier alpha value is -2.86. The summed E-state index contributed by atoms with van der Waals surface area (Å²) in [5.74, 6) is -1.50. The minimum Gasteiger partial charge on any atom is -0.481 e. The first-order valence-corrected chi connectivity index (χ1v) is 12.2. The number of benzene rings is 1. The zero-order valence-corrected chi connectivity index (χ0v) is 20.4. The number of carboxylic acid groups (broad SMARTS) is 1. The molecule has 0 spiro atoms. The summed E-state index contributed by atoms with van der Waals surface area (Å²) in [6.45, 7) is 1.86. The van der Waals surface area contributed by atoms with Crippen LogP contribution in [0.15, 0.2) is 46.0 Å². The number of hydrogen-bond acceptors (Lipinski definition) is 9. The molecule has 1 saturated heterocycles. The summed E-state index contributed by atoms with van der Waals surface area (Å²) >= 11 is 7.76. The molecule has 12 heteroatoms. The number of aliphatic carboxylic acids is 1. The lowest BCUT2D eigenvalue weighted by molar-refractivity contribution is -0.138. The van der Waals surface area contributed by atoms with Gasteiger partial charge in [0.1, 0.15) is 11.9 Å². The topological polar surface area (TPSA) is 113 Å². The van der Waals surface area contributed by atoms with Crippen molar-refractivity contribution in [1.82, 2.24) is 15.2 Å². The lowest BCUT2D eigenvalue weighted by atomic mass is 9.95. The second kappa shape index (κ2) is 11.3. The van der Waals surface area contributed by atoms with Crippen LogP contribution in [-0.4, -0.2) is 72.2 Å². The van der Waals surface area contributed by atoms with Crippen molar-refractivity contribution in [3.05, 3.63) is 62.5 Å². The average molecular weight is 523 g/mol. The van der Waals surface area contributed by atoms with Gasteiger partial charge < -0.3 is 19.9 Å². The van der Waals surface area contributed by atoms with Gasteiger partial charge in [0.05, 0.1) is 25.4 Å². The molecule has 0 amide bonds. The third-order valence-electron chi connectivity index (χ3n) is 5.71. The van der Waals surface area contributed by atoms with E-state index in [1.807, 2.05) is 5.38 Å². The number of morpholine rings is 1. The van der Waals surface area contributed by atoms with Crippen LogP contribution < -0.4 is 5.32 Å². The summed E-state index contributed by atoms with van der Waals surface area (Å²) in [7, 11) is 1.28. The highest BCUT2D eigenvalue weighted by Crippen LogP contribution is 2.37. The standard InChI is InChI=1S/C23H24ClFN4O5S/c1-33-23(32)19-17(12-29-7-8-34-14(11-29)3-5-18(30)31)27-21(22-26-6-9-35-22)28-20(19)15-4-2-13(25)10-16(15)24/h2,4,6,9-10,14,20H,3,5,7-8,11-12H2,1H3,(H,27,28)(H,30,31). The minimum absolute atomic E-state index is 0.0128. The minimum atomic E-state index is -0.876. The van der Waals surface area contributed by atoms with E-state index >= 15 is 0 Å². The van der Waals surface area contributed by atoms with Crippen LogP contribution in [0.5, 0.6) is 0 Å². The highest BCUT2D eigenvalue weighted by molar-refractivity contribution is 7.11. The molecule has 1 fully saturated rings. The number of rotatable bonds is 8. The van der Waals surface area contributed by atoms with Crippen molar-refractivity contribution < 1.29 is 28.6 Å². The third-order valence-corrected chi connectivity index (χ3v) is 6.82. The molecule has 2 atom stereocenters. The van der Waals surface area contributed by atoms with Gasteiger partial charge in [0.15, 0.2) is 10.8 Å². The number of amidine groups is 1. The van der Waals surface area contributed by atoms with Gasteiger partial charge in [-0.2, -0.15) is 0 Å². The van der Waals surface area contributed by atoms with Crippen molar-refractivity contribution in [2.45, 2.75) is 25.0 Å². The number of carboxylic acids is 1. The van der Waals surface area contributed by atoms with Crippen molar-refractivity contribution in [2.24, 2.45) is 4.99 Å². The predicted octanol–water partition coefficient (Wildman–Crippen LogP) is 3.02. The Morgan fingerprint density at radius 2 is 2.26 bits per heavy atom. The number of methoxy groups -OCH3 is 1. The van der Waals surface area contributed by atoms with Gasteiger partial charge in [-0.1, -0.05) is 17.7 Å². The molecule has 9 nitrogen and oxygen atoms in total. The number of halogens is 2. The molecular weight excluding hydrogens is 499 g/mol. The molecule has 4 rings (SSSR count). The van der Waals surface area contributed by atoms with E-state index in [9.17, 15) is 14.0 Å². The molecule has 2 aromatic rings. The van der Waals surface area contributed by atoms with Crippen molar-refractivity contribution in [3.8, 4) is 0 Å². The molecule has 186 valence electrons. The smallest absolute Gasteiger partial charge is 0.338 e. The lowest BCUT2D eigenvalue weighted by Gasteiger charge is -2.35. The van der Waals surface area contributed by atoms with E-state index in [4.69, 9.17) is 31.2 Å². The van der Waals surface area contributed by atoms with Crippen LogP contribution in [0, 0.1) is 5.82 Å². The fourth-order valence-electron chi connectivity index (χ4n) is 4.07. The number of hydrogen-bond donors (Lipinski definition) is 2. The number of esters is 1. The van der Waals surface area contributed by atoms with Crippen molar-refractivity contribution >= 4 is 40.7 Å². The van der Waals surface area contributed by atoms with E-state index in [0.29, 0.717) is 54.8 Å². The summed E-state index contributed by atoms with van der Waals surface area (Å²) in [5, 5.41) is 14.8. The molecule has 2 N–H and O–H groups in total. The Bertz CT molecular complexity index is 1160. The van der Waals surface area contributed by atoms with Gasteiger partial charge in [-0.25, -0.2) is 14.2 Å². The SMILES string of the molecule is COC(=O)C1=C(CN2CCOC(CCC(=O)O)C2)NC(c2nccs2)=NC1c1ccc(F)cc1Cl. The number of aliphatic imine (C=N–C) groups is 1. The number of thiazole rings is 1. The van der Waals surface area contributed by atoms with Gasteiger partial charge in [0.2, 0.25) is 0 Å².